The molecule has 0 fully saturated rings. The SMILES string of the molecule is Cc1cccc2c1sc1ccc3ccccc3c12. The van der Waals surface area contributed by atoms with Gasteiger partial charge >= 0.3 is 0 Å². The maximum absolute atomic E-state index is 2.25. The third-order valence-corrected chi connectivity index (χ3v) is 4.89. The van der Waals surface area contributed by atoms with Crippen molar-refractivity contribution in [2.24, 2.45) is 0 Å². The molecule has 4 aromatic rings. The quantitative estimate of drug-likeness (QED) is 0.384. The zero-order chi connectivity index (χ0) is 12.1. The summed E-state index contributed by atoms with van der Waals surface area (Å²) in [6, 6.07) is 19.7. The molecule has 0 aliphatic rings. The normalized spacial score (nSPS) is 11.6. The summed E-state index contributed by atoms with van der Waals surface area (Å²) in [5.74, 6) is 0. The summed E-state index contributed by atoms with van der Waals surface area (Å²) in [6.45, 7) is 2.19. The van der Waals surface area contributed by atoms with Gasteiger partial charge in [0.05, 0.1) is 0 Å². The zero-order valence-electron chi connectivity index (χ0n) is 10.1. The van der Waals surface area contributed by atoms with Crippen LogP contribution in [0.4, 0.5) is 0 Å². The first-order chi connectivity index (χ1) is 8.84. The summed E-state index contributed by atoms with van der Waals surface area (Å²) >= 11 is 1.90. The van der Waals surface area contributed by atoms with E-state index in [-0.39, 0.29) is 0 Å². The van der Waals surface area contributed by atoms with Gasteiger partial charge in [-0.2, -0.15) is 0 Å². The van der Waals surface area contributed by atoms with Crippen molar-refractivity contribution in [3.05, 3.63) is 60.2 Å². The molecule has 0 N–H and O–H groups in total. The maximum atomic E-state index is 2.25. The highest BCUT2D eigenvalue weighted by atomic mass is 32.1. The molecule has 0 radical (unpaired) electrons. The molecule has 4 rings (SSSR count). The molecule has 0 aliphatic carbocycles. The van der Waals surface area contributed by atoms with Crippen molar-refractivity contribution in [1.82, 2.24) is 0 Å². The average molecular weight is 248 g/mol. The molecule has 0 saturated carbocycles. The molecule has 0 atom stereocenters. The Labute approximate surface area is 109 Å². The summed E-state index contributed by atoms with van der Waals surface area (Å²) in [4.78, 5) is 0. The third-order valence-electron chi connectivity index (χ3n) is 3.58. The Morgan fingerprint density at radius 3 is 2.56 bits per heavy atom. The van der Waals surface area contributed by atoms with Crippen molar-refractivity contribution < 1.29 is 0 Å². The van der Waals surface area contributed by atoms with Gasteiger partial charge in [-0.15, -0.1) is 11.3 Å². The molecular weight excluding hydrogens is 236 g/mol. The molecule has 86 valence electrons. The van der Waals surface area contributed by atoms with Crippen molar-refractivity contribution in [3.8, 4) is 0 Å². The topological polar surface area (TPSA) is 0 Å². The van der Waals surface area contributed by atoms with E-state index < -0.39 is 0 Å². The van der Waals surface area contributed by atoms with Gasteiger partial charge in [0.2, 0.25) is 0 Å². The lowest BCUT2D eigenvalue weighted by Crippen LogP contribution is -1.74. The number of aryl methyl sites for hydroxylation is 1. The fourth-order valence-corrected chi connectivity index (χ4v) is 3.90. The summed E-state index contributed by atoms with van der Waals surface area (Å²) in [7, 11) is 0. The van der Waals surface area contributed by atoms with Gasteiger partial charge in [0.25, 0.3) is 0 Å². The molecule has 18 heavy (non-hydrogen) atoms. The third kappa shape index (κ3) is 1.25. The van der Waals surface area contributed by atoms with E-state index in [9.17, 15) is 0 Å². The molecule has 0 unspecified atom stereocenters. The number of rotatable bonds is 0. The number of hydrogen-bond donors (Lipinski definition) is 0. The predicted molar refractivity (Wildman–Crippen MR) is 81.6 cm³/mol. The monoisotopic (exact) mass is 248 g/mol. The van der Waals surface area contributed by atoms with Gasteiger partial charge in [0.15, 0.2) is 0 Å². The fraction of sp³-hybridized carbons (Fsp3) is 0.0588. The molecule has 0 aliphatic heterocycles. The lowest BCUT2D eigenvalue weighted by Gasteiger charge is -2.00. The second-order valence-corrected chi connectivity index (χ2v) is 5.77. The molecule has 0 nitrogen and oxygen atoms in total. The highest BCUT2D eigenvalue weighted by molar-refractivity contribution is 7.26. The first kappa shape index (κ1) is 10.1. The minimum atomic E-state index is 1.33. The molecule has 1 heteroatoms. The molecule has 1 aromatic heterocycles. The average Bonchev–Trinajstić information content (AvgIpc) is 2.79. The molecule has 0 bridgehead atoms. The van der Waals surface area contributed by atoms with Gasteiger partial charge in [-0.25, -0.2) is 0 Å². The molecule has 1 heterocycles. The predicted octanol–water partition coefficient (Wildman–Crippen LogP) is 5.52. The van der Waals surface area contributed by atoms with Gasteiger partial charge < -0.3 is 0 Å². The summed E-state index contributed by atoms with van der Waals surface area (Å²) in [5.41, 5.74) is 1.37. The van der Waals surface area contributed by atoms with Crippen LogP contribution in [0.5, 0.6) is 0 Å². The van der Waals surface area contributed by atoms with Crippen molar-refractivity contribution >= 4 is 42.3 Å². The standard InChI is InChI=1S/C17H12S/c1-11-5-4-8-14-16-13-7-3-2-6-12(13)9-10-15(16)18-17(11)14/h2-10H,1H3. The number of thiophene rings is 1. The number of hydrogen-bond acceptors (Lipinski definition) is 1. The van der Waals surface area contributed by atoms with E-state index in [2.05, 4.69) is 61.5 Å². The Hall–Kier alpha value is -1.86. The van der Waals surface area contributed by atoms with Gasteiger partial charge in [-0.1, -0.05) is 48.5 Å². The summed E-state index contributed by atoms with van der Waals surface area (Å²) < 4.78 is 2.81. The molecule has 0 saturated heterocycles. The fourth-order valence-electron chi connectivity index (χ4n) is 2.71. The smallest absolute Gasteiger partial charge is 0.0384 e. The summed E-state index contributed by atoms with van der Waals surface area (Å²) in [5, 5.41) is 5.50. The molecule has 0 amide bonds. The van der Waals surface area contributed by atoms with Crippen LogP contribution in [0.1, 0.15) is 5.56 Å². The first-order valence-corrected chi connectivity index (χ1v) is 6.96. The largest absolute Gasteiger partial charge is 0.135 e. The van der Waals surface area contributed by atoms with Crippen LogP contribution in [0.3, 0.4) is 0 Å². The van der Waals surface area contributed by atoms with Gasteiger partial charge in [-0.3, -0.25) is 0 Å². The van der Waals surface area contributed by atoms with Crippen molar-refractivity contribution in [1.29, 1.82) is 0 Å². The van der Waals surface area contributed by atoms with E-state index in [1.165, 1.54) is 36.5 Å². The highest BCUT2D eigenvalue weighted by Crippen LogP contribution is 2.39. The van der Waals surface area contributed by atoms with E-state index in [0.717, 1.165) is 0 Å². The second-order valence-electron chi connectivity index (χ2n) is 4.71. The van der Waals surface area contributed by atoms with Crippen molar-refractivity contribution in [2.45, 2.75) is 6.92 Å². The van der Waals surface area contributed by atoms with Gasteiger partial charge in [0, 0.05) is 20.2 Å². The lowest BCUT2D eigenvalue weighted by atomic mass is 10.0. The van der Waals surface area contributed by atoms with Crippen molar-refractivity contribution in [2.75, 3.05) is 0 Å². The minimum Gasteiger partial charge on any atom is -0.135 e. The Kier molecular flexibility index (Phi) is 2.00. The van der Waals surface area contributed by atoms with Gasteiger partial charge in [0.1, 0.15) is 0 Å². The first-order valence-electron chi connectivity index (χ1n) is 6.14. The molecule has 0 spiro atoms. The van der Waals surface area contributed by atoms with E-state index >= 15 is 0 Å². The molecule has 3 aromatic carbocycles. The number of fused-ring (bicyclic) bond motifs is 5. The minimum absolute atomic E-state index is 1.33. The van der Waals surface area contributed by atoms with E-state index in [0.29, 0.717) is 0 Å². The second kappa shape index (κ2) is 3.56. The highest BCUT2D eigenvalue weighted by Gasteiger charge is 2.09. The van der Waals surface area contributed by atoms with Gasteiger partial charge in [-0.05, 0) is 29.3 Å². The Morgan fingerprint density at radius 1 is 0.778 bits per heavy atom. The van der Waals surface area contributed by atoms with Crippen LogP contribution in [0, 0.1) is 6.92 Å². The Balaban J connectivity index is 2.37. The maximum Gasteiger partial charge on any atom is 0.0384 e. The Morgan fingerprint density at radius 2 is 1.61 bits per heavy atom. The van der Waals surface area contributed by atoms with Crippen LogP contribution >= 0.6 is 11.3 Å². The van der Waals surface area contributed by atoms with Crippen LogP contribution in [0.25, 0.3) is 30.9 Å². The molecular formula is C17H12S. The number of benzene rings is 3. The lowest BCUT2D eigenvalue weighted by molar-refractivity contribution is 1.56. The summed E-state index contributed by atoms with van der Waals surface area (Å²) in [6.07, 6.45) is 0. The van der Waals surface area contributed by atoms with E-state index in [1.807, 2.05) is 11.3 Å². The van der Waals surface area contributed by atoms with Crippen molar-refractivity contribution in [3.63, 3.8) is 0 Å². The zero-order valence-corrected chi connectivity index (χ0v) is 10.9. The van der Waals surface area contributed by atoms with Crippen LogP contribution in [-0.2, 0) is 0 Å². The Bertz CT molecular complexity index is 884. The van der Waals surface area contributed by atoms with Crippen LogP contribution in [0.15, 0.2) is 54.6 Å². The van der Waals surface area contributed by atoms with Crippen LogP contribution in [-0.4, -0.2) is 0 Å². The van der Waals surface area contributed by atoms with Crippen LogP contribution < -0.4 is 0 Å². The van der Waals surface area contributed by atoms with Crippen LogP contribution in [0.2, 0.25) is 0 Å². The van der Waals surface area contributed by atoms with E-state index in [4.69, 9.17) is 0 Å². The van der Waals surface area contributed by atoms with E-state index in [1.54, 1.807) is 0 Å².